The van der Waals surface area contributed by atoms with E-state index in [9.17, 15) is 0 Å². The van der Waals surface area contributed by atoms with Crippen molar-refractivity contribution < 1.29 is 0 Å². The van der Waals surface area contributed by atoms with E-state index in [2.05, 4.69) is 17.8 Å². The molecule has 4 rings (SSSR count). The molecule has 0 aromatic carbocycles. The lowest BCUT2D eigenvalue weighted by Crippen LogP contribution is -2.56. The third-order valence-electron chi connectivity index (χ3n) is 5.85. The van der Waals surface area contributed by atoms with Crippen molar-refractivity contribution in [3.8, 4) is 37.0 Å². The van der Waals surface area contributed by atoms with E-state index in [0.29, 0.717) is 16.2 Å². The molecule has 0 nitrogen and oxygen atoms in total. The highest BCUT2D eigenvalue weighted by atomic mass is 14.7. The molecule has 98 valence electrons. The summed E-state index contributed by atoms with van der Waals surface area (Å²) < 4.78 is 0. The molecule has 4 saturated carbocycles. The molecule has 0 amide bonds. The van der Waals surface area contributed by atoms with Gasteiger partial charge in [0, 0.05) is 19.3 Å². The molecular weight excluding hydrogens is 228 g/mol. The van der Waals surface area contributed by atoms with Crippen LogP contribution < -0.4 is 0 Å². The maximum Gasteiger partial charge on any atom is 0.0143 e. The molecule has 19 heavy (non-hydrogen) atoms. The molecule has 0 heteroatoms. The van der Waals surface area contributed by atoms with E-state index in [1.165, 1.54) is 38.5 Å². The summed E-state index contributed by atoms with van der Waals surface area (Å²) in [5, 5.41) is 0. The predicted molar refractivity (Wildman–Crippen MR) is 78.8 cm³/mol. The molecule has 0 atom stereocenters. The zero-order valence-electron chi connectivity index (χ0n) is 11.7. The van der Waals surface area contributed by atoms with Gasteiger partial charge in [-0.2, -0.15) is 0 Å². The van der Waals surface area contributed by atoms with Crippen molar-refractivity contribution in [2.75, 3.05) is 0 Å². The minimum Gasteiger partial charge on any atom is -0.120 e. The van der Waals surface area contributed by atoms with Gasteiger partial charge >= 0.3 is 0 Å². The van der Waals surface area contributed by atoms with Gasteiger partial charge in [-0.1, -0.05) is 0 Å². The average molecular weight is 250 g/mol. The summed E-state index contributed by atoms with van der Waals surface area (Å²) in [6.45, 7) is 0. The number of terminal acetylenes is 3. The van der Waals surface area contributed by atoms with Crippen molar-refractivity contribution in [2.45, 2.75) is 57.8 Å². The van der Waals surface area contributed by atoms with Crippen molar-refractivity contribution in [1.82, 2.24) is 0 Å². The lowest BCUT2D eigenvalue weighted by Gasteiger charge is -2.66. The summed E-state index contributed by atoms with van der Waals surface area (Å²) in [6, 6.07) is 0. The lowest BCUT2D eigenvalue weighted by molar-refractivity contribution is -0.153. The van der Waals surface area contributed by atoms with Gasteiger partial charge in [0.05, 0.1) is 0 Å². The third-order valence-corrected chi connectivity index (χ3v) is 5.85. The molecule has 0 aromatic rings. The first kappa shape index (κ1) is 12.7. The van der Waals surface area contributed by atoms with Gasteiger partial charge in [-0.25, -0.2) is 0 Å². The largest absolute Gasteiger partial charge is 0.120 e. The van der Waals surface area contributed by atoms with Crippen LogP contribution in [0.5, 0.6) is 0 Å². The third kappa shape index (κ3) is 1.88. The Kier molecular flexibility index (Phi) is 2.73. The highest BCUT2D eigenvalue weighted by Gasteiger charge is 2.62. The SMILES string of the molecule is C#CCC12CC3CC(CC#C)(C1)CC(CC#C)(C3)C2. The van der Waals surface area contributed by atoms with Crippen molar-refractivity contribution >= 4 is 0 Å². The minimum atomic E-state index is 0.349. The minimum absolute atomic E-state index is 0.349. The Morgan fingerprint density at radius 1 is 0.684 bits per heavy atom. The zero-order valence-corrected chi connectivity index (χ0v) is 11.7. The summed E-state index contributed by atoms with van der Waals surface area (Å²) >= 11 is 0. The van der Waals surface area contributed by atoms with E-state index >= 15 is 0 Å². The summed E-state index contributed by atoms with van der Waals surface area (Å²) in [5.41, 5.74) is 1.05. The fourth-order valence-corrected chi connectivity index (χ4v) is 6.30. The van der Waals surface area contributed by atoms with Gasteiger partial charge in [0.2, 0.25) is 0 Å². The normalized spacial score (nSPS) is 46.3. The van der Waals surface area contributed by atoms with Crippen LogP contribution in [0.2, 0.25) is 0 Å². The molecule has 0 aliphatic heterocycles. The molecular formula is C19H22. The Morgan fingerprint density at radius 2 is 1.00 bits per heavy atom. The standard InChI is InChI=1S/C19H22/c1-4-7-17-10-16-11-18(13-17,8-5-2)15-19(12-16,14-17)9-6-3/h1-3,16H,7-15H2. The van der Waals surface area contributed by atoms with Gasteiger partial charge in [-0.05, 0) is 60.7 Å². The molecule has 4 aliphatic rings. The van der Waals surface area contributed by atoms with Crippen LogP contribution in [0.4, 0.5) is 0 Å². The van der Waals surface area contributed by atoms with Crippen LogP contribution in [0.25, 0.3) is 0 Å². The van der Waals surface area contributed by atoms with Crippen LogP contribution in [0.1, 0.15) is 57.8 Å². The van der Waals surface area contributed by atoms with Crippen molar-refractivity contribution in [1.29, 1.82) is 0 Å². The molecule has 4 aliphatic carbocycles. The maximum atomic E-state index is 5.65. The molecule has 0 heterocycles. The molecule has 0 aromatic heterocycles. The monoisotopic (exact) mass is 250 g/mol. The van der Waals surface area contributed by atoms with Gasteiger partial charge in [-0.15, -0.1) is 37.0 Å². The molecule has 4 fully saturated rings. The average Bonchev–Trinajstić information content (AvgIpc) is 2.26. The second-order valence-electron chi connectivity index (χ2n) is 7.65. The van der Waals surface area contributed by atoms with Gasteiger partial charge < -0.3 is 0 Å². The van der Waals surface area contributed by atoms with Crippen LogP contribution in [-0.2, 0) is 0 Å². The summed E-state index contributed by atoms with van der Waals surface area (Å²) in [5.74, 6) is 9.63. The molecule has 4 bridgehead atoms. The Hall–Kier alpha value is -1.32. The second-order valence-corrected chi connectivity index (χ2v) is 7.65. The predicted octanol–water partition coefficient (Wildman–Crippen LogP) is 4.01. The topological polar surface area (TPSA) is 0 Å². The van der Waals surface area contributed by atoms with Crippen LogP contribution in [-0.4, -0.2) is 0 Å². The Balaban J connectivity index is 1.99. The maximum absolute atomic E-state index is 5.65. The van der Waals surface area contributed by atoms with Crippen molar-refractivity contribution in [3.63, 3.8) is 0 Å². The number of hydrogen-bond acceptors (Lipinski definition) is 0. The van der Waals surface area contributed by atoms with Crippen LogP contribution in [0.15, 0.2) is 0 Å². The smallest absolute Gasteiger partial charge is 0.0143 e. The molecule has 0 N–H and O–H groups in total. The molecule has 0 spiro atoms. The van der Waals surface area contributed by atoms with Gasteiger partial charge in [-0.3, -0.25) is 0 Å². The van der Waals surface area contributed by atoms with Crippen LogP contribution in [0.3, 0.4) is 0 Å². The Bertz CT molecular complexity index is 420. The summed E-state index contributed by atoms with van der Waals surface area (Å²) in [7, 11) is 0. The fraction of sp³-hybridized carbons (Fsp3) is 0.684. The lowest BCUT2D eigenvalue weighted by atomic mass is 9.38. The highest BCUT2D eigenvalue weighted by molar-refractivity contribution is 5.18. The van der Waals surface area contributed by atoms with E-state index < -0.39 is 0 Å². The van der Waals surface area contributed by atoms with E-state index in [-0.39, 0.29) is 0 Å². The Morgan fingerprint density at radius 3 is 1.26 bits per heavy atom. The van der Waals surface area contributed by atoms with Crippen molar-refractivity contribution in [2.24, 2.45) is 22.2 Å². The fourth-order valence-electron chi connectivity index (χ4n) is 6.30. The van der Waals surface area contributed by atoms with E-state index in [1.54, 1.807) is 0 Å². The van der Waals surface area contributed by atoms with E-state index in [4.69, 9.17) is 19.3 Å². The zero-order chi connectivity index (χ0) is 13.6. The summed E-state index contributed by atoms with van der Waals surface area (Å²) in [6.07, 6.45) is 27.4. The van der Waals surface area contributed by atoms with Crippen LogP contribution >= 0.6 is 0 Å². The highest BCUT2D eigenvalue weighted by Crippen LogP contribution is 2.72. The number of hydrogen-bond donors (Lipinski definition) is 0. The number of rotatable bonds is 3. The Labute approximate surface area is 117 Å². The second kappa shape index (κ2) is 4.09. The molecule has 0 saturated heterocycles. The van der Waals surface area contributed by atoms with Gasteiger partial charge in [0.1, 0.15) is 0 Å². The molecule has 0 unspecified atom stereocenters. The first-order chi connectivity index (χ1) is 9.09. The van der Waals surface area contributed by atoms with Crippen molar-refractivity contribution in [3.05, 3.63) is 0 Å². The summed E-state index contributed by atoms with van der Waals surface area (Å²) in [4.78, 5) is 0. The quantitative estimate of drug-likeness (QED) is 0.664. The van der Waals surface area contributed by atoms with Gasteiger partial charge in [0.15, 0.2) is 0 Å². The van der Waals surface area contributed by atoms with E-state index in [1.807, 2.05) is 0 Å². The van der Waals surface area contributed by atoms with E-state index in [0.717, 1.165) is 25.2 Å². The first-order valence-electron chi connectivity index (χ1n) is 7.39. The first-order valence-corrected chi connectivity index (χ1v) is 7.39. The van der Waals surface area contributed by atoms with Gasteiger partial charge in [0.25, 0.3) is 0 Å². The van der Waals surface area contributed by atoms with Crippen LogP contribution in [0, 0.1) is 59.2 Å². The molecule has 0 radical (unpaired) electrons.